The molecule has 0 radical (unpaired) electrons. The van der Waals surface area contributed by atoms with E-state index in [-0.39, 0.29) is 16.7 Å². The predicted molar refractivity (Wildman–Crippen MR) is 95.2 cm³/mol. The number of nitrogens with zero attached hydrogens (tertiary/aromatic N) is 2. The van der Waals surface area contributed by atoms with E-state index in [0.717, 1.165) is 36.6 Å². The molecule has 0 amide bonds. The lowest BCUT2D eigenvalue weighted by atomic mass is 9.96. The average molecular weight is 342 g/mol. The number of nitro groups is 1. The largest absolute Gasteiger partial charge is 0.493 e. The van der Waals surface area contributed by atoms with Crippen molar-refractivity contribution >= 4 is 5.69 Å². The molecule has 25 heavy (non-hydrogen) atoms. The zero-order valence-corrected chi connectivity index (χ0v) is 14.7. The summed E-state index contributed by atoms with van der Waals surface area (Å²) in [5.74, 6) is 1.50. The molecule has 2 aromatic rings. The lowest BCUT2D eigenvalue weighted by Crippen LogP contribution is -2.32. The Balaban J connectivity index is 1.80. The summed E-state index contributed by atoms with van der Waals surface area (Å²) in [5.41, 5.74) is 3.72. The fourth-order valence-corrected chi connectivity index (χ4v) is 3.32. The first kappa shape index (κ1) is 17.2. The molecule has 0 unspecified atom stereocenters. The van der Waals surface area contributed by atoms with Gasteiger partial charge in [-0.2, -0.15) is 0 Å². The number of fused-ring (bicyclic) bond motifs is 1. The molecular formula is C19H22N2O4. The Labute approximate surface area is 147 Å². The number of hydrogen-bond donors (Lipinski definition) is 0. The second-order valence-electron chi connectivity index (χ2n) is 6.22. The van der Waals surface area contributed by atoms with Gasteiger partial charge < -0.3 is 9.47 Å². The zero-order valence-electron chi connectivity index (χ0n) is 14.7. The van der Waals surface area contributed by atoms with Gasteiger partial charge in [-0.25, -0.2) is 0 Å². The van der Waals surface area contributed by atoms with Crippen molar-refractivity contribution in [3.05, 3.63) is 63.2 Å². The van der Waals surface area contributed by atoms with Gasteiger partial charge in [0.25, 0.3) is 5.69 Å². The molecule has 1 heterocycles. The lowest BCUT2D eigenvalue weighted by Gasteiger charge is -2.34. The molecular weight excluding hydrogens is 320 g/mol. The molecule has 0 spiro atoms. The number of methoxy groups -OCH3 is 2. The van der Waals surface area contributed by atoms with Crippen molar-refractivity contribution in [3.8, 4) is 11.5 Å². The van der Waals surface area contributed by atoms with Crippen molar-refractivity contribution in [3.63, 3.8) is 0 Å². The molecule has 0 N–H and O–H groups in total. The second kappa shape index (κ2) is 7.11. The first-order valence-corrected chi connectivity index (χ1v) is 8.25. The summed E-state index contributed by atoms with van der Waals surface area (Å²) in [6, 6.07) is 11.1. The van der Waals surface area contributed by atoms with Crippen molar-refractivity contribution < 1.29 is 14.4 Å². The van der Waals surface area contributed by atoms with Gasteiger partial charge in [-0.15, -0.1) is 0 Å². The Bertz CT molecular complexity index is 774. The molecule has 132 valence electrons. The van der Waals surface area contributed by atoms with E-state index in [1.54, 1.807) is 26.4 Å². The standard InChI is InChI=1S/C19H22N2O4/c1-13(14-4-6-17(7-5-14)21(22)23)20-9-8-15-10-18(24-2)19(25-3)11-16(15)12-20/h4-7,10-11,13H,8-9,12H2,1-3H3/t13-/m1/s1. The smallest absolute Gasteiger partial charge is 0.269 e. The lowest BCUT2D eigenvalue weighted by molar-refractivity contribution is -0.384. The molecule has 0 bridgehead atoms. The van der Waals surface area contributed by atoms with Crippen LogP contribution in [0.4, 0.5) is 5.69 Å². The summed E-state index contributed by atoms with van der Waals surface area (Å²) in [4.78, 5) is 12.8. The van der Waals surface area contributed by atoms with E-state index in [1.807, 2.05) is 18.2 Å². The third-order valence-corrected chi connectivity index (χ3v) is 4.88. The van der Waals surface area contributed by atoms with Gasteiger partial charge in [0, 0.05) is 31.3 Å². The number of rotatable bonds is 5. The second-order valence-corrected chi connectivity index (χ2v) is 6.22. The van der Waals surface area contributed by atoms with Crippen molar-refractivity contribution in [2.75, 3.05) is 20.8 Å². The average Bonchev–Trinajstić information content (AvgIpc) is 2.65. The monoisotopic (exact) mass is 342 g/mol. The van der Waals surface area contributed by atoms with Crippen LogP contribution in [0.15, 0.2) is 36.4 Å². The van der Waals surface area contributed by atoms with Gasteiger partial charge in [-0.05, 0) is 42.2 Å². The van der Waals surface area contributed by atoms with Gasteiger partial charge in [0.1, 0.15) is 0 Å². The Morgan fingerprint density at radius 3 is 2.24 bits per heavy atom. The van der Waals surface area contributed by atoms with Gasteiger partial charge in [0.05, 0.1) is 19.1 Å². The molecule has 0 saturated heterocycles. The van der Waals surface area contributed by atoms with Crippen LogP contribution in [0.2, 0.25) is 0 Å². The quantitative estimate of drug-likeness (QED) is 0.612. The molecule has 0 fully saturated rings. The highest BCUT2D eigenvalue weighted by Crippen LogP contribution is 2.35. The Morgan fingerprint density at radius 1 is 1.08 bits per heavy atom. The van der Waals surface area contributed by atoms with E-state index in [9.17, 15) is 10.1 Å². The number of non-ortho nitro benzene ring substituents is 1. The minimum absolute atomic E-state index is 0.122. The van der Waals surface area contributed by atoms with Crippen molar-refractivity contribution in [1.29, 1.82) is 0 Å². The molecule has 1 aliphatic rings. The maximum atomic E-state index is 10.8. The minimum Gasteiger partial charge on any atom is -0.493 e. The summed E-state index contributed by atoms with van der Waals surface area (Å²) in [6.07, 6.45) is 0.938. The maximum absolute atomic E-state index is 10.8. The molecule has 0 aliphatic carbocycles. The number of ether oxygens (including phenoxy) is 2. The molecule has 0 aromatic heterocycles. The van der Waals surface area contributed by atoms with Crippen LogP contribution in [0.1, 0.15) is 29.7 Å². The van der Waals surface area contributed by atoms with E-state index in [2.05, 4.69) is 17.9 Å². The summed E-state index contributed by atoms with van der Waals surface area (Å²) < 4.78 is 10.8. The van der Waals surface area contributed by atoms with E-state index >= 15 is 0 Å². The van der Waals surface area contributed by atoms with E-state index in [4.69, 9.17) is 9.47 Å². The van der Waals surface area contributed by atoms with Crippen LogP contribution in [0.25, 0.3) is 0 Å². The van der Waals surface area contributed by atoms with Crippen LogP contribution >= 0.6 is 0 Å². The molecule has 3 rings (SSSR count). The summed E-state index contributed by atoms with van der Waals surface area (Å²) in [6.45, 7) is 3.88. The first-order chi connectivity index (χ1) is 12.0. The summed E-state index contributed by atoms with van der Waals surface area (Å²) in [5, 5.41) is 10.8. The minimum atomic E-state index is -0.370. The summed E-state index contributed by atoms with van der Waals surface area (Å²) in [7, 11) is 3.29. The predicted octanol–water partition coefficient (Wildman–Crippen LogP) is 3.73. The normalized spacial score (nSPS) is 15.3. The third-order valence-electron chi connectivity index (χ3n) is 4.88. The highest BCUT2D eigenvalue weighted by Gasteiger charge is 2.24. The number of benzene rings is 2. The van der Waals surface area contributed by atoms with Gasteiger partial charge in [-0.1, -0.05) is 12.1 Å². The Kier molecular flexibility index (Phi) is 4.90. The van der Waals surface area contributed by atoms with Gasteiger partial charge in [0.2, 0.25) is 0 Å². The summed E-state index contributed by atoms with van der Waals surface area (Å²) >= 11 is 0. The molecule has 6 heteroatoms. The number of hydrogen-bond acceptors (Lipinski definition) is 5. The molecule has 6 nitrogen and oxygen atoms in total. The van der Waals surface area contributed by atoms with Crippen LogP contribution < -0.4 is 9.47 Å². The molecule has 1 aliphatic heterocycles. The highest BCUT2D eigenvalue weighted by atomic mass is 16.6. The highest BCUT2D eigenvalue weighted by molar-refractivity contribution is 5.48. The van der Waals surface area contributed by atoms with Crippen molar-refractivity contribution in [2.45, 2.75) is 25.9 Å². The molecule has 0 saturated carbocycles. The SMILES string of the molecule is COc1cc2c(cc1OC)CN([C@H](C)c1ccc([N+](=O)[O-])cc1)CC2. The number of nitro benzene ring substituents is 1. The van der Waals surface area contributed by atoms with Crippen molar-refractivity contribution in [2.24, 2.45) is 0 Å². The van der Waals surface area contributed by atoms with E-state index in [1.165, 1.54) is 11.1 Å². The van der Waals surface area contributed by atoms with Crippen LogP contribution in [0.3, 0.4) is 0 Å². The van der Waals surface area contributed by atoms with Crippen LogP contribution in [-0.2, 0) is 13.0 Å². The van der Waals surface area contributed by atoms with Gasteiger partial charge in [0.15, 0.2) is 11.5 Å². The third kappa shape index (κ3) is 3.44. The first-order valence-electron chi connectivity index (χ1n) is 8.25. The van der Waals surface area contributed by atoms with Crippen LogP contribution in [-0.4, -0.2) is 30.6 Å². The van der Waals surface area contributed by atoms with Gasteiger partial charge >= 0.3 is 0 Å². The zero-order chi connectivity index (χ0) is 18.0. The van der Waals surface area contributed by atoms with Crippen LogP contribution in [0, 0.1) is 10.1 Å². The van der Waals surface area contributed by atoms with Crippen molar-refractivity contribution in [1.82, 2.24) is 4.90 Å². The molecule has 2 aromatic carbocycles. The Hall–Kier alpha value is -2.60. The topological polar surface area (TPSA) is 64.8 Å². The van der Waals surface area contributed by atoms with Gasteiger partial charge in [-0.3, -0.25) is 15.0 Å². The fourth-order valence-electron chi connectivity index (χ4n) is 3.32. The fraction of sp³-hybridized carbons (Fsp3) is 0.368. The van der Waals surface area contributed by atoms with E-state index in [0.29, 0.717) is 0 Å². The Morgan fingerprint density at radius 2 is 1.68 bits per heavy atom. The van der Waals surface area contributed by atoms with E-state index < -0.39 is 0 Å². The maximum Gasteiger partial charge on any atom is 0.269 e. The van der Waals surface area contributed by atoms with Crippen LogP contribution in [0.5, 0.6) is 11.5 Å². The molecule has 1 atom stereocenters.